The molecule has 0 aliphatic heterocycles. The van der Waals surface area contributed by atoms with E-state index in [0.717, 1.165) is 16.8 Å². The van der Waals surface area contributed by atoms with Crippen LogP contribution >= 0.6 is 0 Å². The van der Waals surface area contributed by atoms with Crippen molar-refractivity contribution in [2.45, 2.75) is 33.1 Å². The molecule has 25 heavy (non-hydrogen) atoms. The van der Waals surface area contributed by atoms with E-state index in [1.165, 1.54) is 12.1 Å². The van der Waals surface area contributed by atoms with Gasteiger partial charge < -0.3 is 9.84 Å². The van der Waals surface area contributed by atoms with E-state index in [-0.39, 0.29) is 11.7 Å². The lowest BCUT2D eigenvalue weighted by molar-refractivity contribution is -0.116. The summed E-state index contributed by atoms with van der Waals surface area (Å²) in [6.07, 6.45) is 1.43. The molecule has 0 aliphatic rings. The highest BCUT2D eigenvalue weighted by molar-refractivity contribution is 5.94. The molecule has 0 saturated carbocycles. The van der Waals surface area contributed by atoms with Crippen molar-refractivity contribution < 1.29 is 13.7 Å². The number of hydrogen-bond acceptors (Lipinski definition) is 5. The molecule has 1 amide bonds. The second kappa shape index (κ2) is 7.25. The number of benzene rings is 1. The van der Waals surface area contributed by atoms with Crippen LogP contribution in [0.3, 0.4) is 0 Å². The largest absolute Gasteiger partial charge is 0.339 e. The monoisotopic (exact) mass is 343 g/mol. The summed E-state index contributed by atoms with van der Waals surface area (Å²) in [6.45, 7) is 3.59. The van der Waals surface area contributed by atoms with Gasteiger partial charge >= 0.3 is 0 Å². The van der Waals surface area contributed by atoms with Gasteiger partial charge in [0, 0.05) is 24.1 Å². The number of aromatic nitrogens is 4. The normalized spacial score (nSPS) is 10.8. The molecule has 0 aliphatic carbocycles. The third kappa shape index (κ3) is 4.09. The van der Waals surface area contributed by atoms with E-state index in [2.05, 4.69) is 25.7 Å². The molecule has 3 rings (SSSR count). The fourth-order valence-corrected chi connectivity index (χ4v) is 2.53. The Morgan fingerprint density at radius 2 is 2.04 bits per heavy atom. The fraction of sp³-hybridized carbons (Fsp3) is 0.294. The van der Waals surface area contributed by atoms with Gasteiger partial charge in [-0.25, -0.2) is 4.39 Å². The number of hydrogen-bond donors (Lipinski definition) is 2. The zero-order chi connectivity index (χ0) is 17.8. The lowest BCUT2D eigenvalue weighted by Crippen LogP contribution is -2.12. The summed E-state index contributed by atoms with van der Waals surface area (Å²) < 4.78 is 18.1. The molecule has 1 aromatic carbocycles. The number of nitrogens with zero attached hydrogens (tertiary/aromatic N) is 3. The number of aromatic amines is 1. The van der Waals surface area contributed by atoms with Crippen LogP contribution in [0.15, 0.2) is 28.8 Å². The molecular weight excluding hydrogens is 325 g/mol. The summed E-state index contributed by atoms with van der Waals surface area (Å²) in [7, 11) is 0. The second-order valence-corrected chi connectivity index (χ2v) is 5.72. The number of carbonyl (C=O) groups excluding carboxylic acids is 1. The Kier molecular flexibility index (Phi) is 4.87. The van der Waals surface area contributed by atoms with Gasteiger partial charge in [-0.2, -0.15) is 10.1 Å². The van der Waals surface area contributed by atoms with Gasteiger partial charge in [0.15, 0.2) is 11.6 Å². The molecule has 0 bridgehead atoms. The van der Waals surface area contributed by atoms with Crippen LogP contribution in [-0.4, -0.2) is 26.2 Å². The number of aryl methyl sites for hydroxylation is 3. The molecule has 0 radical (unpaired) electrons. The van der Waals surface area contributed by atoms with Gasteiger partial charge in [0.1, 0.15) is 5.82 Å². The number of halogens is 1. The Morgan fingerprint density at radius 3 is 2.72 bits per heavy atom. The molecule has 2 N–H and O–H groups in total. The van der Waals surface area contributed by atoms with Crippen LogP contribution in [0.4, 0.5) is 10.2 Å². The molecule has 8 heteroatoms. The Balaban J connectivity index is 1.62. The maximum absolute atomic E-state index is 13.1. The summed E-state index contributed by atoms with van der Waals surface area (Å²) in [5.74, 6) is 1.06. The summed E-state index contributed by atoms with van der Waals surface area (Å²) in [5.41, 5.74) is 2.33. The number of carbonyl (C=O) groups is 1. The van der Waals surface area contributed by atoms with Gasteiger partial charge in [-0.1, -0.05) is 17.3 Å². The number of anilines is 1. The van der Waals surface area contributed by atoms with Crippen molar-refractivity contribution in [2.24, 2.45) is 0 Å². The minimum Gasteiger partial charge on any atom is -0.339 e. The Morgan fingerprint density at radius 1 is 1.28 bits per heavy atom. The fourth-order valence-electron chi connectivity index (χ4n) is 2.53. The minimum atomic E-state index is -0.313. The third-order valence-electron chi connectivity index (χ3n) is 3.70. The topological polar surface area (TPSA) is 96.7 Å². The first-order chi connectivity index (χ1) is 12.0. The summed E-state index contributed by atoms with van der Waals surface area (Å²) >= 11 is 0. The van der Waals surface area contributed by atoms with Crippen molar-refractivity contribution in [3.05, 3.63) is 47.5 Å². The highest BCUT2D eigenvalue weighted by Gasteiger charge is 2.15. The molecule has 0 unspecified atom stereocenters. The van der Waals surface area contributed by atoms with Crippen molar-refractivity contribution in [2.75, 3.05) is 5.32 Å². The molecular formula is C17H18FN5O2. The number of nitrogens with one attached hydrogen (secondary N) is 2. The van der Waals surface area contributed by atoms with Gasteiger partial charge in [0.05, 0.1) is 0 Å². The SMILES string of the molecule is Cc1noc(CCCC(=O)Nc2n[nH]c(C)c2-c2ccc(F)cc2)n1. The van der Waals surface area contributed by atoms with E-state index in [1.54, 1.807) is 19.1 Å². The molecule has 0 fully saturated rings. The second-order valence-electron chi connectivity index (χ2n) is 5.72. The smallest absolute Gasteiger partial charge is 0.226 e. The molecule has 7 nitrogen and oxygen atoms in total. The van der Waals surface area contributed by atoms with Crippen molar-refractivity contribution in [1.29, 1.82) is 0 Å². The molecule has 2 heterocycles. The van der Waals surface area contributed by atoms with Crippen molar-refractivity contribution >= 4 is 11.7 Å². The summed E-state index contributed by atoms with van der Waals surface area (Å²) in [4.78, 5) is 16.3. The molecule has 3 aromatic rings. The molecule has 0 saturated heterocycles. The third-order valence-corrected chi connectivity index (χ3v) is 3.70. The average Bonchev–Trinajstić information content (AvgIpc) is 3.15. The molecule has 0 atom stereocenters. The van der Waals surface area contributed by atoms with Crippen LogP contribution in [0.1, 0.15) is 30.3 Å². The van der Waals surface area contributed by atoms with E-state index in [9.17, 15) is 9.18 Å². The van der Waals surface area contributed by atoms with E-state index >= 15 is 0 Å². The predicted molar refractivity (Wildman–Crippen MR) is 89.3 cm³/mol. The Labute approximate surface area is 143 Å². The van der Waals surface area contributed by atoms with E-state index < -0.39 is 0 Å². The van der Waals surface area contributed by atoms with E-state index in [4.69, 9.17) is 4.52 Å². The Hall–Kier alpha value is -3.03. The van der Waals surface area contributed by atoms with Crippen molar-refractivity contribution in [3.63, 3.8) is 0 Å². The minimum absolute atomic E-state index is 0.161. The lowest BCUT2D eigenvalue weighted by atomic mass is 10.1. The van der Waals surface area contributed by atoms with E-state index in [1.807, 2.05) is 6.92 Å². The Bertz CT molecular complexity index is 870. The maximum atomic E-state index is 13.1. The molecule has 2 aromatic heterocycles. The molecule has 130 valence electrons. The van der Waals surface area contributed by atoms with Gasteiger partial charge in [-0.3, -0.25) is 9.89 Å². The zero-order valence-corrected chi connectivity index (χ0v) is 14.0. The average molecular weight is 343 g/mol. The highest BCUT2D eigenvalue weighted by Crippen LogP contribution is 2.29. The first kappa shape index (κ1) is 16.8. The number of amides is 1. The van der Waals surface area contributed by atoms with E-state index in [0.29, 0.717) is 36.8 Å². The van der Waals surface area contributed by atoms with Gasteiger partial charge in [-0.05, 0) is 38.0 Å². The number of rotatable bonds is 6. The van der Waals surface area contributed by atoms with Crippen LogP contribution in [0, 0.1) is 19.7 Å². The van der Waals surface area contributed by atoms with Crippen LogP contribution in [0.2, 0.25) is 0 Å². The summed E-state index contributed by atoms with van der Waals surface area (Å²) in [6, 6.07) is 6.06. The summed E-state index contributed by atoms with van der Waals surface area (Å²) in [5, 5.41) is 13.5. The van der Waals surface area contributed by atoms with Crippen LogP contribution in [0.5, 0.6) is 0 Å². The highest BCUT2D eigenvalue weighted by atomic mass is 19.1. The van der Waals surface area contributed by atoms with Crippen LogP contribution in [0.25, 0.3) is 11.1 Å². The molecule has 0 spiro atoms. The maximum Gasteiger partial charge on any atom is 0.226 e. The zero-order valence-electron chi connectivity index (χ0n) is 14.0. The standard InChI is InChI=1S/C17H18FN5O2/c1-10-16(12-6-8-13(18)9-7-12)17(22-21-10)20-14(24)4-3-5-15-19-11(2)23-25-15/h6-9H,3-5H2,1-2H3,(H2,20,21,22,24). The predicted octanol–water partition coefficient (Wildman–Crippen LogP) is 3.18. The van der Waals surface area contributed by atoms with Gasteiger partial charge in [0.2, 0.25) is 11.8 Å². The van der Waals surface area contributed by atoms with Crippen LogP contribution in [-0.2, 0) is 11.2 Å². The first-order valence-electron chi connectivity index (χ1n) is 7.93. The van der Waals surface area contributed by atoms with Crippen molar-refractivity contribution in [3.8, 4) is 11.1 Å². The van der Waals surface area contributed by atoms with Crippen molar-refractivity contribution in [1.82, 2.24) is 20.3 Å². The van der Waals surface area contributed by atoms with Gasteiger partial charge in [0.25, 0.3) is 0 Å². The van der Waals surface area contributed by atoms with Crippen LogP contribution < -0.4 is 5.32 Å². The van der Waals surface area contributed by atoms with Gasteiger partial charge in [-0.15, -0.1) is 0 Å². The lowest BCUT2D eigenvalue weighted by Gasteiger charge is -2.06. The quantitative estimate of drug-likeness (QED) is 0.716. The number of H-pyrrole nitrogens is 1. The first-order valence-corrected chi connectivity index (χ1v) is 7.93.